The van der Waals surface area contributed by atoms with Crippen LogP contribution in [-0.4, -0.2) is 41.1 Å². The number of piperidine rings is 1. The first-order valence-electron chi connectivity index (χ1n) is 9.77. The highest BCUT2D eigenvalue weighted by Crippen LogP contribution is 2.25. The fraction of sp³-hybridized carbons (Fsp3) is 0.600. The Kier molecular flexibility index (Phi) is 6.28. The van der Waals surface area contributed by atoms with E-state index in [2.05, 4.69) is 29.3 Å². The third kappa shape index (κ3) is 4.67. The molecule has 0 atom stereocenters. The molecule has 28 heavy (non-hydrogen) atoms. The first kappa shape index (κ1) is 20.3. The Bertz CT molecular complexity index is 881. The summed E-state index contributed by atoms with van der Waals surface area (Å²) in [5.74, 6) is 1.85. The van der Waals surface area contributed by atoms with Crippen LogP contribution in [0.15, 0.2) is 19.8 Å². The van der Waals surface area contributed by atoms with E-state index in [-0.39, 0.29) is 18.0 Å². The molecule has 152 valence electrons. The number of aryl methyl sites for hydroxylation is 1. The molecule has 1 aliphatic rings. The van der Waals surface area contributed by atoms with Crippen LogP contribution >= 0.6 is 0 Å². The topological polar surface area (TPSA) is 101 Å². The first-order chi connectivity index (χ1) is 13.3. The Hall–Kier alpha value is -2.48. The van der Waals surface area contributed by atoms with Gasteiger partial charge in [-0.2, -0.15) is 4.98 Å². The van der Waals surface area contributed by atoms with Crippen LogP contribution in [0, 0.1) is 12.8 Å². The fourth-order valence-corrected chi connectivity index (χ4v) is 3.47. The number of aromatic nitrogens is 2. The zero-order chi connectivity index (χ0) is 20.3. The van der Waals surface area contributed by atoms with Crippen molar-refractivity contribution in [2.75, 3.05) is 20.1 Å². The predicted molar refractivity (Wildman–Crippen MR) is 103 cm³/mol. The third-order valence-electron chi connectivity index (χ3n) is 4.94. The van der Waals surface area contributed by atoms with Crippen molar-refractivity contribution in [1.82, 2.24) is 20.4 Å². The Balaban J connectivity index is 1.74. The molecule has 0 unspecified atom stereocenters. The number of hydrogen-bond donors (Lipinski definition) is 1. The monoisotopic (exact) mass is 388 g/mol. The number of rotatable bonds is 6. The highest BCUT2D eigenvalue weighted by Gasteiger charge is 2.25. The first-order valence-corrected chi connectivity index (χ1v) is 9.77. The van der Waals surface area contributed by atoms with Crippen LogP contribution < -0.4 is 10.9 Å². The van der Waals surface area contributed by atoms with Crippen molar-refractivity contribution in [3.63, 3.8) is 0 Å². The molecule has 0 spiro atoms. The smallest absolute Gasteiger partial charge is 0.349 e. The van der Waals surface area contributed by atoms with E-state index in [0.717, 1.165) is 25.9 Å². The van der Waals surface area contributed by atoms with Gasteiger partial charge in [-0.05, 0) is 50.4 Å². The van der Waals surface area contributed by atoms with Gasteiger partial charge in [-0.25, -0.2) is 4.79 Å². The third-order valence-corrected chi connectivity index (χ3v) is 4.94. The van der Waals surface area contributed by atoms with Gasteiger partial charge in [0.1, 0.15) is 11.3 Å². The molecule has 2 aromatic rings. The van der Waals surface area contributed by atoms with Gasteiger partial charge in [0.25, 0.3) is 5.91 Å². The largest absolute Gasteiger partial charge is 0.427 e. The second-order valence-electron chi connectivity index (χ2n) is 7.88. The minimum absolute atomic E-state index is 0.0575. The van der Waals surface area contributed by atoms with Crippen LogP contribution in [0.5, 0.6) is 0 Å². The Labute approximate surface area is 164 Å². The number of carbonyl (C=O) groups is 1. The summed E-state index contributed by atoms with van der Waals surface area (Å²) in [7, 11) is 1.61. The van der Waals surface area contributed by atoms with E-state index in [1.807, 2.05) is 6.07 Å². The lowest BCUT2D eigenvalue weighted by molar-refractivity contribution is 0.0763. The molecular weight excluding hydrogens is 360 g/mol. The van der Waals surface area contributed by atoms with Crippen molar-refractivity contribution in [3.05, 3.63) is 45.1 Å². The van der Waals surface area contributed by atoms with E-state index >= 15 is 0 Å². The molecule has 1 fully saturated rings. The average Bonchev–Trinajstić information content (AvgIpc) is 3.07. The summed E-state index contributed by atoms with van der Waals surface area (Å²) in [6.07, 6.45) is 2.55. The predicted octanol–water partition coefficient (Wildman–Crippen LogP) is 2.27. The normalized spacial score (nSPS) is 15.2. The maximum atomic E-state index is 12.8. The highest BCUT2D eigenvalue weighted by molar-refractivity contribution is 5.94. The molecule has 1 saturated heterocycles. The molecular formula is C20H28N4O4. The molecule has 0 saturated carbocycles. The van der Waals surface area contributed by atoms with E-state index in [9.17, 15) is 9.59 Å². The van der Waals surface area contributed by atoms with Gasteiger partial charge in [0.05, 0.1) is 6.54 Å². The molecule has 1 amide bonds. The van der Waals surface area contributed by atoms with Crippen molar-refractivity contribution < 1.29 is 13.7 Å². The summed E-state index contributed by atoms with van der Waals surface area (Å²) in [4.78, 5) is 31.1. The maximum absolute atomic E-state index is 12.8. The second-order valence-corrected chi connectivity index (χ2v) is 7.88. The fourth-order valence-electron chi connectivity index (χ4n) is 3.47. The van der Waals surface area contributed by atoms with E-state index in [1.54, 1.807) is 14.0 Å². The minimum atomic E-state index is -0.587. The maximum Gasteiger partial charge on any atom is 0.349 e. The number of nitrogens with one attached hydrogen (secondary N) is 1. The molecule has 3 heterocycles. The van der Waals surface area contributed by atoms with Crippen LogP contribution in [0.25, 0.3) is 0 Å². The van der Waals surface area contributed by atoms with Gasteiger partial charge in [-0.3, -0.25) is 4.79 Å². The molecule has 8 nitrogen and oxygen atoms in total. The molecule has 0 aliphatic carbocycles. The number of nitrogens with zero attached hydrogens (tertiary/aromatic N) is 3. The average molecular weight is 388 g/mol. The van der Waals surface area contributed by atoms with Gasteiger partial charge in [0.2, 0.25) is 5.89 Å². The Morgan fingerprint density at radius 1 is 1.36 bits per heavy atom. The Morgan fingerprint density at radius 3 is 2.71 bits per heavy atom. The molecule has 0 bridgehead atoms. The lowest BCUT2D eigenvalue weighted by Gasteiger charge is -2.22. The van der Waals surface area contributed by atoms with Crippen molar-refractivity contribution in [2.45, 2.75) is 52.5 Å². The summed E-state index contributed by atoms with van der Waals surface area (Å²) in [6, 6.07) is 1.83. The van der Waals surface area contributed by atoms with Gasteiger partial charge in [-0.1, -0.05) is 19.0 Å². The lowest BCUT2D eigenvalue weighted by atomic mass is 9.94. The summed E-state index contributed by atoms with van der Waals surface area (Å²) < 4.78 is 10.7. The zero-order valence-electron chi connectivity index (χ0n) is 16.9. The van der Waals surface area contributed by atoms with Gasteiger partial charge >= 0.3 is 5.63 Å². The molecule has 0 radical (unpaired) electrons. The van der Waals surface area contributed by atoms with Gasteiger partial charge < -0.3 is 19.2 Å². The molecule has 3 rings (SSSR count). The van der Waals surface area contributed by atoms with Crippen LogP contribution in [0.1, 0.15) is 66.0 Å². The Morgan fingerprint density at radius 2 is 2.07 bits per heavy atom. The highest BCUT2D eigenvalue weighted by atomic mass is 16.5. The molecule has 2 aromatic heterocycles. The molecule has 1 N–H and O–H groups in total. The van der Waals surface area contributed by atoms with E-state index < -0.39 is 11.5 Å². The van der Waals surface area contributed by atoms with Crippen molar-refractivity contribution in [1.29, 1.82) is 0 Å². The van der Waals surface area contributed by atoms with Crippen molar-refractivity contribution >= 4 is 5.91 Å². The van der Waals surface area contributed by atoms with Crippen LogP contribution in [0.4, 0.5) is 0 Å². The zero-order valence-corrected chi connectivity index (χ0v) is 16.9. The van der Waals surface area contributed by atoms with Gasteiger partial charge in [0, 0.05) is 19.4 Å². The van der Waals surface area contributed by atoms with Gasteiger partial charge in [-0.15, -0.1) is 0 Å². The van der Waals surface area contributed by atoms with Crippen LogP contribution in [0.2, 0.25) is 0 Å². The van der Waals surface area contributed by atoms with Crippen LogP contribution in [-0.2, 0) is 13.0 Å². The summed E-state index contributed by atoms with van der Waals surface area (Å²) >= 11 is 0. The van der Waals surface area contributed by atoms with Crippen LogP contribution in [0.3, 0.4) is 0 Å². The molecule has 1 aliphatic heterocycles. The SMILES string of the molecule is Cc1cc(C2CCNCC2)oc(=O)c1C(=O)N(C)Cc1nc(CC(C)C)no1. The van der Waals surface area contributed by atoms with E-state index in [4.69, 9.17) is 8.94 Å². The van der Waals surface area contributed by atoms with E-state index in [0.29, 0.717) is 35.4 Å². The van der Waals surface area contributed by atoms with Gasteiger partial charge in [0.15, 0.2) is 5.82 Å². The van der Waals surface area contributed by atoms with E-state index in [1.165, 1.54) is 4.90 Å². The number of hydrogen-bond acceptors (Lipinski definition) is 7. The summed E-state index contributed by atoms with van der Waals surface area (Å²) in [5, 5.41) is 7.22. The summed E-state index contributed by atoms with van der Waals surface area (Å²) in [5.41, 5.74) is 0.103. The summed E-state index contributed by atoms with van der Waals surface area (Å²) in [6.45, 7) is 7.86. The second kappa shape index (κ2) is 8.68. The number of amides is 1. The molecule has 8 heteroatoms. The molecule has 0 aromatic carbocycles. The van der Waals surface area contributed by atoms with Crippen molar-refractivity contribution in [3.8, 4) is 0 Å². The van der Waals surface area contributed by atoms with Crippen molar-refractivity contribution in [2.24, 2.45) is 5.92 Å². The quantitative estimate of drug-likeness (QED) is 0.810. The number of carbonyl (C=O) groups excluding carboxylic acids is 1. The lowest BCUT2D eigenvalue weighted by Crippen LogP contribution is -2.32. The standard InChI is InChI=1S/C20H28N4O4/c1-12(2)9-16-22-17(28-23-16)11-24(4)19(25)18-13(3)10-15(27-20(18)26)14-5-7-21-8-6-14/h10,12,14,21H,5-9,11H2,1-4H3. The minimum Gasteiger partial charge on any atom is -0.427 e.